The molecule has 20 heavy (non-hydrogen) atoms. The lowest BCUT2D eigenvalue weighted by Crippen LogP contribution is -2.31. The highest BCUT2D eigenvalue weighted by Crippen LogP contribution is 2.14. The Labute approximate surface area is 115 Å². The normalized spacial score (nSPS) is 12.2. The molecule has 0 N–H and O–H groups in total. The van der Waals surface area contributed by atoms with Crippen LogP contribution in [0.15, 0.2) is 39.5 Å². The van der Waals surface area contributed by atoms with Gasteiger partial charge < -0.3 is 9.32 Å². The van der Waals surface area contributed by atoms with Crippen LogP contribution in [0.25, 0.3) is 34.6 Å². The summed E-state index contributed by atoms with van der Waals surface area (Å²) in [7, 11) is 3.70. The molecule has 0 aliphatic carbocycles. The molecule has 0 aliphatic rings. The van der Waals surface area contributed by atoms with Crippen molar-refractivity contribution >= 4 is 34.6 Å². The summed E-state index contributed by atoms with van der Waals surface area (Å²) < 4.78 is 5.21. The van der Waals surface area contributed by atoms with E-state index in [1.807, 2.05) is 44.4 Å². The Hall–Kier alpha value is -2.62. The molecule has 3 rings (SSSR count). The predicted molar refractivity (Wildman–Crippen MR) is 80.7 cm³/mol. The van der Waals surface area contributed by atoms with Crippen LogP contribution in [0.4, 0.5) is 0 Å². The largest absolute Gasteiger partial charge is 0.423 e. The van der Waals surface area contributed by atoms with E-state index >= 15 is 0 Å². The van der Waals surface area contributed by atoms with E-state index < -0.39 is 5.63 Å². The van der Waals surface area contributed by atoms with E-state index in [9.17, 15) is 4.79 Å². The SMILES string of the molecule is C=c1oc(=O)/c(=C/N(C)C)c2nc3ccccc3cc12. The molecule has 1 aromatic carbocycles. The lowest BCUT2D eigenvalue weighted by atomic mass is 10.1. The molecule has 0 bridgehead atoms. The van der Waals surface area contributed by atoms with Crippen LogP contribution in [0.1, 0.15) is 0 Å². The first-order valence-corrected chi connectivity index (χ1v) is 6.26. The van der Waals surface area contributed by atoms with Gasteiger partial charge in [-0.3, -0.25) is 0 Å². The topological polar surface area (TPSA) is 46.3 Å². The number of para-hydroxylation sites is 1. The first-order valence-electron chi connectivity index (χ1n) is 6.26. The van der Waals surface area contributed by atoms with Gasteiger partial charge in [0, 0.05) is 31.1 Å². The van der Waals surface area contributed by atoms with Gasteiger partial charge in [0.25, 0.3) is 0 Å². The Balaban J connectivity index is 2.61. The number of hydrogen-bond acceptors (Lipinski definition) is 4. The second kappa shape index (κ2) is 4.49. The van der Waals surface area contributed by atoms with E-state index in [0.29, 0.717) is 16.2 Å². The van der Waals surface area contributed by atoms with Crippen molar-refractivity contribution in [2.24, 2.45) is 0 Å². The quantitative estimate of drug-likeness (QED) is 0.618. The van der Waals surface area contributed by atoms with Crippen molar-refractivity contribution in [3.8, 4) is 0 Å². The van der Waals surface area contributed by atoms with Crippen LogP contribution in [0, 0.1) is 0 Å². The van der Waals surface area contributed by atoms with Gasteiger partial charge in [0.1, 0.15) is 10.6 Å². The number of hydrogen-bond donors (Lipinski definition) is 0. The summed E-state index contributed by atoms with van der Waals surface area (Å²) in [4.78, 5) is 18.4. The first-order chi connectivity index (χ1) is 9.56. The van der Waals surface area contributed by atoms with Gasteiger partial charge in [-0.2, -0.15) is 0 Å². The van der Waals surface area contributed by atoms with Crippen molar-refractivity contribution in [3.63, 3.8) is 0 Å². The van der Waals surface area contributed by atoms with Gasteiger partial charge >= 0.3 is 5.63 Å². The van der Waals surface area contributed by atoms with Gasteiger partial charge in [-0.05, 0) is 12.1 Å². The number of pyridine rings is 1. The molecule has 0 aliphatic heterocycles. The summed E-state index contributed by atoms with van der Waals surface area (Å²) in [6.45, 7) is 3.80. The Morgan fingerprint density at radius 1 is 1.30 bits per heavy atom. The highest BCUT2D eigenvalue weighted by atomic mass is 16.4. The Kier molecular flexibility index (Phi) is 2.79. The zero-order chi connectivity index (χ0) is 14.3. The zero-order valence-corrected chi connectivity index (χ0v) is 11.4. The molecule has 0 spiro atoms. The molecular formula is C16H14N2O2. The first kappa shape index (κ1) is 12.4. The van der Waals surface area contributed by atoms with Crippen LogP contribution in [0.3, 0.4) is 0 Å². The number of fused-ring (bicyclic) bond motifs is 2. The molecule has 2 heterocycles. The smallest absolute Gasteiger partial charge is 0.347 e. The van der Waals surface area contributed by atoms with Crippen molar-refractivity contribution in [1.82, 2.24) is 9.88 Å². The van der Waals surface area contributed by atoms with E-state index in [1.165, 1.54) is 0 Å². The number of nitrogens with zero attached hydrogens (tertiary/aromatic N) is 2. The summed E-state index contributed by atoms with van der Waals surface area (Å²) in [5, 5.41) is 2.20. The van der Waals surface area contributed by atoms with Gasteiger partial charge in [0.05, 0.1) is 11.0 Å². The third kappa shape index (κ3) is 1.95. The molecule has 2 aromatic heterocycles. The van der Waals surface area contributed by atoms with Crippen molar-refractivity contribution < 1.29 is 4.42 Å². The zero-order valence-electron chi connectivity index (χ0n) is 11.4. The highest BCUT2D eigenvalue weighted by molar-refractivity contribution is 5.92. The molecule has 4 nitrogen and oxygen atoms in total. The van der Waals surface area contributed by atoms with Gasteiger partial charge in [-0.1, -0.05) is 24.8 Å². The minimum Gasteiger partial charge on any atom is -0.423 e. The monoisotopic (exact) mass is 266 g/mol. The molecule has 3 aromatic rings. The fourth-order valence-electron chi connectivity index (χ4n) is 2.22. The average molecular weight is 266 g/mol. The van der Waals surface area contributed by atoms with Crippen molar-refractivity contribution in [2.75, 3.05) is 14.1 Å². The standard InChI is InChI=1S/C16H14N2O2/c1-10-12-8-11-6-4-5-7-14(11)17-15(12)13(9-18(2)3)16(19)20-10/h4-9H,1H2,2-3H3/b13-9+. The summed E-state index contributed by atoms with van der Waals surface area (Å²) >= 11 is 0. The van der Waals surface area contributed by atoms with Crippen LogP contribution in [0.5, 0.6) is 0 Å². The number of aromatic nitrogens is 1. The third-order valence-corrected chi connectivity index (χ3v) is 3.10. The molecule has 0 amide bonds. The summed E-state index contributed by atoms with van der Waals surface area (Å²) in [6, 6.07) is 9.72. The number of benzene rings is 1. The van der Waals surface area contributed by atoms with Crippen molar-refractivity contribution in [3.05, 3.63) is 51.4 Å². The fraction of sp³-hybridized carbons (Fsp3) is 0.125. The van der Waals surface area contributed by atoms with Gasteiger partial charge in [-0.15, -0.1) is 0 Å². The third-order valence-electron chi connectivity index (χ3n) is 3.10. The van der Waals surface area contributed by atoms with E-state index in [1.54, 1.807) is 11.1 Å². The van der Waals surface area contributed by atoms with Crippen LogP contribution in [0.2, 0.25) is 0 Å². The summed E-state index contributed by atoms with van der Waals surface area (Å²) in [5.41, 5.74) is 1.40. The minimum absolute atomic E-state index is 0.346. The van der Waals surface area contributed by atoms with Crippen molar-refractivity contribution in [2.45, 2.75) is 0 Å². The van der Waals surface area contributed by atoms with E-state index in [4.69, 9.17) is 4.42 Å². The molecule has 0 radical (unpaired) electrons. The molecule has 0 atom stereocenters. The Bertz CT molecular complexity index is 971. The summed E-state index contributed by atoms with van der Waals surface area (Å²) in [5.74, 6) is 0. The molecular weight excluding hydrogens is 252 g/mol. The fourth-order valence-corrected chi connectivity index (χ4v) is 2.22. The van der Waals surface area contributed by atoms with Crippen LogP contribution < -0.4 is 16.3 Å². The maximum atomic E-state index is 12.0. The predicted octanol–water partition coefficient (Wildman–Crippen LogP) is 1.05. The Morgan fingerprint density at radius 3 is 2.80 bits per heavy atom. The molecule has 0 saturated heterocycles. The maximum absolute atomic E-state index is 12.0. The van der Waals surface area contributed by atoms with Gasteiger partial charge in [-0.25, -0.2) is 9.78 Å². The van der Waals surface area contributed by atoms with Gasteiger partial charge in [0.15, 0.2) is 0 Å². The highest BCUT2D eigenvalue weighted by Gasteiger charge is 2.07. The van der Waals surface area contributed by atoms with Crippen LogP contribution >= 0.6 is 0 Å². The van der Waals surface area contributed by atoms with E-state index in [0.717, 1.165) is 16.3 Å². The molecule has 0 unspecified atom stereocenters. The van der Waals surface area contributed by atoms with Crippen molar-refractivity contribution in [1.29, 1.82) is 0 Å². The van der Waals surface area contributed by atoms with Gasteiger partial charge in [0.2, 0.25) is 0 Å². The molecule has 0 saturated carbocycles. The summed E-state index contributed by atoms with van der Waals surface area (Å²) in [6.07, 6.45) is 1.72. The lowest BCUT2D eigenvalue weighted by Gasteiger charge is -2.05. The second-order valence-corrected chi connectivity index (χ2v) is 4.90. The molecule has 4 heteroatoms. The van der Waals surface area contributed by atoms with Crippen LogP contribution in [-0.2, 0) is 0 Å². The molecule has 100 valence electrons. The minimum atomic E-state index is -0.418. The molecule has 0 fully saturated rings. The lowest BCUT2D eigenvalue weighted by molar-refractivity contribution is 0.481. The number of rotatable bonds is 1. The maximum Gasteiger partial charge on any atom is 0.347 e. The average Bonchev–Trinajstić information content (AvgIpc) is 2.41. The Morgan fingerprint density at radius 2 is 2.05 bits per heavy atom. The van der Waals surface area contributed by atoms with E-state index in [2.05, 4.69) is 11.6 Å². The van der Waals surface area contributed by atoms with E-state index in [-0.39, 0.29) is 0 Å². The second-order valence-electron chi connectivity index (χ2n) is 4.90. The van der Waals surface area contributed by atoms with Crippen LogP contribution in [-0.4, -0.2) is 24.0 Å².